The number of hydrogen-bond acceptors (Lipinski definition) is 18. The summed E-state index contributed by atoms with van der Waals surface area (Å²) in [6.45, 7) is 11.9. The van der Waals surface area contributed by atoms with Crippen molar-refractivity contribution in [1.29, 1.82) is 0 Å². The topological polar surface area (TPSA) is 311 Å². The summed E-state index contributed by atoms with van der Waals surface area (Å²) < 4.78 is 68.4. The van der Waals surface area contributed by atoms with E-state index in [9.17, 15) is 48.5 Å². The van der Waals surface area contributed by atoms with Gasteiger partial charge in [0.05, 0.1) is 32.5 Å². The van der Waals surface area contributed by atoms with Gasteiger partial charge in [0, 0.05) is 19.3 Å². The first-order chi connectivity index (χ1) is 58.4. The number of nitrogens with one attached hydrogen (secondary N) is 2. The Kier molecular flexibility index (Phi) is 69.1. The fraction of sp³-hybridized carbons (Fsp3) is 0.938. The predicted octanol–water partition coefficient (Wildman–Crippen LogP) is 23.7. The van der Waals surface area contributed by atoms with Gasteiger partial charge in [0.15, 0.2) is 18.7 Å². The number of carbonyl (C=O) groups excluding carboxylic acids is 6. The van der Waals surface area contributed by atoms with E-state index in [4.69, 9.17) is 42.4 Å². The second-order valence-corrected chi connectivity index (χ2v) is 37.1. The minimum absolute atomic E-state index is 0.127. The van der Waals surface area contributed by atoms with Crippen LogP contribution in [0.4, 0.5) is 0 Å². The third kappa shape index (κ3) is 58.1. The molecule has 0 bridgehead atoms. The first kappa shape index (κ1) is 111. The fourth-order valence-corrected chi connectivity index (χ4v) is 17.7. The van der Waals surface area contributed by atoms with Gasteiger partial charge in [-0.3, -0.25) is 33.3 Å². The summed E-state index contributed by atoms with van der Waals surface area (Å²) in [5.74, 6) is -3.34. The van der Waals surface area contributed by atoms with Crippen LogP contribution < -0.4 is 10.6 Å². The van der Waals surface area contributed by atoms with Crippen LogP contribution in [0.25, 0.3) is 0 Å². The molecule has 23 heteroatoms. The number of rotatable bonds is 85. The molecule has 0 radical (unpaired) electrons. The van der Waals surface area contributed by atoms with Crippen LogP contribution in [0.2, 0.25) is 0 Å². The summed E-state index contributed by atoms with van der Waals surface area (Å²) in [4.78, 5) is 106. The van der Waals surface area contributed by atoms with Crippen molar-refractivity contribution in [2.75, 3.05) is 13.2 Å². The highest BCUT2D eigenvalue weighted by molar-refractivity contribution is 7.46. The molecule has 3 heterocycles. The Hall–Kier alpha value is -3.31. The van der Waals surface area contributed by atoms with Crippen molar-refractivity contribution in [3.8, 4) is 0 Å². The van der Waals surface area contributed by atoms with Gasteiger partial charge >= 0.3 is 31.7 Å². The number of ether oxygens (including phenoxy) is 8. The molecule has 3 fully saturated rings. The van der Waals surface area contributed by atoms with Crippen LogP contribution in [0.3, 0.4) is 0 Å². The van der Waals surface area contributed by atoms with Crippen LogP contribution in [0.5, 0.6) is 0 Å². The molecular formula is C97H181N2O20P. The maximum absolute atomic E-state index is 15.0. The molecule has 0 aromatic rings. The number of phosphoric acid groups is 1. The summed E-state index contributed by atoms with van der Waals surface area (Å²) >= 11 is 0. The molecule has 0 saturated carbocycles. The molecule has 3 saturated heterocycles. The van der Waals surface area contributed by atoms with E-state index in [1.54, 1.807) is 0 Å². The number of phosphoric ester groups is 1. The van der Waals surface area contributed by atoms with Gasteiger partial charge in [-0.05, 0) is 57.8 Å². The van der Waals surface area contributed by atoms with Crippen LogP contribution in [0, 0.1) is 0 Å². The Morgan fingerprint density at radius 3 is 0.917 bits per heavy atom. The Morgan fingerprint density at radius 2 is 0.617 bits per heavy atom. The van der Waals surface area contributed by atoms with E-state index in [-0.39, 0.29) is 38.1 Å². The number of epoxide rings is 1. The Morgan fingerprint density at radius 1 is 0.333 bits per heavy atom. The van der Waals surface area contributed by atoms with Gasteiger partial charge in [0.1, 0.15) is 60.9 Å². The van der Waals surface area contributed by atoms with Gasteiger partial charge < -0.3 is 68.5 Å². The summed E-state index contributed by atoms with van der Waals surface area (Å²) in [6, 6.07) is -2.68. The Balaban J connectivity index is 1.95. The van der Waals surface area contributed by atoms with Crippen molar-refractivity contribution >= 4 is 43.5 Å². The van der Waals surface area contributed by atoms with E-state index in [0.29, 0.717) is 51.4 Å². The zero-order chi connectivity index (χ0) is 87.2. The number of fused-ring (bicyclic) bond motifs is 1. The zero-order valence-corrected chi connectivity index (χ0v) is 78.1. The van der Waals surface area contributed by atoms with Crippen molar-refractivity contribution in [2.45, 2.75) is 571 Å². The number of esters is 4. The SMILES string of the molecule is CCCCCCCCCCCCCC(=O)O[C@H](CCCCCCCCCCCC)CC(=O)NC1[C@H]2O[C@@H]2C(CO[C@@H]2OC(CO)[C@@H](OP(=O)(O)O)C(OC(=O)C[C@@H](CCCCCCCCCCC)OC(=O)CCCCCCCCCCCCC)[C@@H]2NC(=O)C[C@@H](CCCCCCCCCCC)OC(=O)CCCCCCCCCCCCC)O[C@@H]1O. The van der Waals surface area contributed by atoms with Gasteiger partial charge in [-0.2, -0.15) is 0 Å². The molecule has 0 spiro atoms. The lowest BCUT2D eigenvalue weighted by molar-refractivity contribution is -0.282. The van der Waals surface area contributed by atoms with Crippen LogP contribution in [0.15, 0.2) is 0 Å². The Bertz CT molecular complexity index is 2550. The molecule has 0 aromatic heterocycles. The third-order valence-corrected chi connectivity index (χ3v) is 25.1. The quantitative estimate of drug-likeness (QED) is 0.0108. The van der Waals surface area contributed by atoms with Crippen molar-refractivity contribution in [2.24, 2.45) is 0 Å². The number of carbonyl (C=O) groups is 6. The normalized spacial score (nSPS) is 20.4. The number of hydrogen-bond donors (Lipinski definition) is 6. The summed E-state index contributed by atoms with van der Waals surface area (Å²) in [5.41, 5.74) is 0. The molecule has 3 aliphatic rings. The summed E-state index contributed by atoms with van der Waals surface area (Å²) in [6.07, 6.45) is 54.0. The van der Waals surface area contributed by atoms with E-state index in [0.717, 1.165) is 173 Å². The largest absolute Gasteiger partial charge is 0.470 e. The minimum atomic E-state index is -5.53. The van der Waals surface area contributed by atoms with Crippen LogP contribution >= 0.6 is 7.82 Å². The van der Waals surface area contributed by atoms with Gasteiger partial charge in [-0.1, -0.05) is 395 Å². The lowest BCUT2D eigenvalue weighted by Crippen LogP contribution is -2.66. The second kappa shape index (κ2) is 74.7. The van der Waals surface area contributed by atoms with Crippen molar-refractivity contribution in [3.63, 3.8) is 0 Å². The number of aliphatic hydroxyl groups excluding tert-OH is 2. The van der Waals surface area contributed by atoms with Crippen molar-refractivity contribution in [1.82, 2.24) is 10.6 Å². The fourth-order valence-electron chi connectivity index (χ4n) is 17.1. The van der Waals surface area contributed by atoms with Gasteiger partial charge in [0.2, 0.25) is 11.8 Å². The van der Waals surface area contributed by atoms with Gasteiger partial charge in [-0.15, -0.1) is 0 Å². The average molecular weight is 1730 g/mol. The average Bonchev–Trinajstić information content (AvgIpc) is 1.57. The molecule has 2 amide bonds. The van der Waals surface area contributed by atoms with Crippen LogP contribution in [-0.4, -0.2) is 149 Å². The molecule has 22 nitrogen and oxygen atoms in total. The highest BCUT2D eigenvalue weighted by atomic mass is 31.2. The predicted molar refractivity (Wildman–Crippen MR) is 479 cm³/mol. The highest BCUT2D eigenvalue weighted by Gasteiger charge is 2.59. The van der Waals surface area contributed by atoms with Gasteiger partial charge in [-0.25, -0.2) is 4.57 Å². The molecule has 0 aromatic carbocycles. The monoisotopic (exact) mass is 1730 g/mol. The lowest BCUT2D eigenvalue weighted by atomic mass is 9.95. The number of unbranched alkanes of at least 4 members (excludes halogenated alkanes) is 55. The molecule has 0 aliphatic carbocycles. The lowest BCUT2D eigenvalue weighted by Gasteiger charge is -2.45. The van der Waals surface area contributed by atoms with E-state index < -0.39 is 137 Å². The van der Waals surface area contributed by atoms with Crippen molar-refractivity contribution < 1.29 is 95.8 Å². The maximum Gasteiger partial charge on any atom is 0.470 e. The maximum atomic E-state index is 15.0. The molecule has 13 atom stereocenters. The zero-order valence-electron chi connectivity index (χ0n) is 77.2. The second-order valence-electron chi connectivity index (χ2n) is 35.9. The molecule has 4 unspecified atom stereocenters. The smallest absolute Gasteiger partial charge is 0.462 e. The Labute approximate surface area is 730 Å². The van der Waals surface area contributed by atoms with Crippen LogP contribution in [-0.2, 0) is 75.8 Å². The van der Waals surface area contributed by atoms with Crippen molar-refractivity contribution in [3.05, 3.63) is 0 Å². The van der Waals surface area contributed by atoms with Gasteiger partial charge in [0.25, 0.3) is 0 Å². The minimum Gasteiger partial charge on any atom is -0.462 e. The summed E-state index contributed by atoms with van der Waals surface area (Å²) in [5, 5.41) is 28.7. The highest BCUT2D eigenvalue weighted by Crippen LogP contribution is 2.43. The van der Waals surface area contributed by atoms with E-state index in [1.165, 1.54) is 186 Å². The first-order valence-electron chi connectivity index (χ1n) is 50.4. The molecule has 3 rings (SSSR count). The van der Waals surface area contributed by atoms with E-state index in [1.807, 2.05) is 0 Å². The number of amides is 2. The molecule has 120 heavy (non-hydrogen) atoms. The molecule has 6 N–H and O–H groups in total. The first-order valence-corrected chi connectivity index (χ1v) is 51.9. The molecular weight excluding hydrogens is 1540 g/mol. The number of aliphatic hydroxyl groups is 2. The van der Waals surface area contributed by atoms with E-state index in [2.05, 4.69) is 52.2 Å². The molecule has 3 aliphatic heterocycles. The molecule has 704 valence electrons. The van der Waals surface area contributed by atoms with E-state index >= 15 is 4.79 Å². The third-order valence-electron chi connectivity index (χ3n) is 24.5. The summed E-state index contributed by atoms with van der Waals surface area (Å²) in [7, 11) is -5.53. The van der Waals surface area contributed by atoms with Crippen LogP contribution in [0.1, 0.15) is 491 Å². The standard InChI is InChI=1S/C97H181N2O20P/c1-7-13-19-25-31-37-41-47-53-59-65-71-86(103)112-79(68-62-57-52-46-40-34-28-22-16-10-4)74-84(101)98-90-94-92(118-94)83(115-96(90)107)78-111-97-91(99-85(102)75-80(69-63-56-50-44-35-29-23-17-11-5)113-87(104)72-66-60-54-48-42-38-32-26-20-14-8-2)95(93(82(77-100)116-97)119-120(108,109)110)117-89(106)76-81(70-64-58-51-45-36-30-24-18-12-6)114-88(105)73-67-61-55-49-43-39-33-27-21-15-9-3/h79-83,90-97,100,107H,7-78H2,1-6H3,(H,98,101)(H,99,102)(H2,108,109,110)/t79-,80-,81-,82?,83?,90?,91+,92-,93-,94-,95?,96+,97-/m1/s1.